The van der Waals surface area contributed by atoms with Crippen LogP contribution in [0.4, 0.5) is 0 Å². The zero-order valence-corrected chi connectivity index (χ0v) is 16.3. The molecule has 0 aliphatic heterocycles. The zero-order valence-electron chi connectivity index (χ0n) is 15.6. The van der Waals surface area contributed by atoms with Crippen molar-refractivity contribution < 1.29 is 19.1 Å². The van der Waals surface area contributed by atoms with Gasteiger partial charge in [-0.15, -0.1) is 0 Å². The Morgan fingerprint density at radius 1 is 1.03 bits per heavy atom. The Morgan fingerprint density at radius 2 is 1.66 bits per heavy atom. The van der Waals surface area contributed by atoms with Crippen molar-refractivity contribution in [2.45, 2.75) is 13.5 Å². The van der Waals surface area contributed by atoms with Crippen LogP contribution in [0.5, 0.6) is 0 Å². The molecular formula is C21H18ClN3O4. The van der Waals surface area contributed by atoms with Crippen LogP contribution in [0.3, 0.4) is 0 Å². The first-order valence-electron chi connectivity index (χ1n) is 8.79. The van der Waals surface area contributed by atoms with Crippen LogP contribution in [-0.2, 0) is 16.1 Å². The van der Waals surface area contributed by atoms with Crippen LogP contribution >= 0.6 is 11.6 Å². The molecule has 0 saturated carbocycles. The Balaban J connectivity index is 1.60. The first-order chi connectivity index (χ1) is 14.0. The van der Waals surface area contributed by atoms with E-state index in [2.05, 4.69) is 10.4 Å². The number of halogens is 1. The van der Waals surface area contributed by atoms with Crippen molar-refractivity contribution in [2.24, 2.45) is 0 Å². The van der Waals surface area contributed by atoms with E-state index in [4.69, 9.17) is 16.3 Å². The largest absolute Gasteiger partial charge is 0.452 e. The third-order valence-electron chi connectivity index (χ3n) is 4.07. The number of ether oxygens (including phenoxy) is 1. The van der Waals surface area contributed by atoms with Crippen molar-refractivity contribution in [3.8, 4) is 0 Å². The Morgan fingerprint density at radius 3 is 2.31 bits per heavy atom. The number of carbonyl (C=O) groups is 3. The summed E-state index contributed by atoms with van der Waals surface area (Å²) in [6, 6.07) is 17.8. The van der Waals surface area contributed by atoms with E-state index in [-0.39, 0.29) is 10.7 Å². The second-order valence-electron chi connectivity index (χ2n) is 6.21. The van der Waals surface area contributed by atoms with Gasteiger partial charge in [0.2, 0.25) is 0 Å². The lowest BCUT2D eigenvalue weighted by Crippen LogP contribution is -2.34. The fourth-order valence-corrected chi connectivity index (χ4v) is 2.99. The molecule has 0 aliphatic rings. The van der Waals surface area contributed by atoms with Crippen LogP contribution in [0.2, 0.25) is 5.15 Å². The van der Waals surface area contributed by atoms with Gasteiger partial charge >= 0.3 is 5.97 Å². The molecule has 3 aromatic rings. The molecule has 0 atom stereocenters. The molecule has 0 spiro atoms. The SMILES string of the molecule is Cc1nn(Cc2ccccc2)c(Cl)c1C(=O)OCC(=O)NC(=O)c1ccccc1. The van der Waals surface area contributed by atoms with E-state index in [9.17, 15) is 14.4 Å². The zero-order chi connectivity index (χ0) is 20.8. The summed E-state index contributed by atoms with van der Waals surface area (Å²) in [5.41, 5.74) is 1.77. The van der Waals surface area contributed by atoms with Crippen molar-refractivity contribution >= 4 is 29.4 Å². The summed E-state index contributed by atoms with van der Waals surface area (Å²) in [4.78, 5) is 36.3. The van der Waals surface area contributed by atoms with Gasteiger partial charge in [-0.1, -0.05) is 60.1 Å². The molecule has 7 nitrogen and oxygen atoms in total. The number of aryl methyl sites for hydroxylation is 1. The maximum absolute atomic E-state index is 12.4. The van der Waals surface area contributed by atoms with Gasteiger partial charge in [-0.25, -0.2) is 9.48 Å². The first kappa shape index (κ1) is 20.3. The van der Waals surface area contributed by atoms with Crippen LogP contribution in [0.25, 0.3) is 0 Å². The number of imide groups is 1. The van der Waals surface area contributed by atoms with Gasteiger partial charge in [0.15, 0.2) is 6.61 Å². The molecule has 0 radical (unpaired) electrons. The number of aromatic nitrogens is 2. The molecule has 1 heterocycles. The maximum atomic E-state index is 12.4. The Kier molecular flexibility index (Phi) is 6.41. The predicted octanol–water partition coefficient (Wildman–Crippen LogP) is 3.01. The minimum atomic E-state index is -0.783. The minimum absolute atomic E-state index is 0.0878. The van der Waals surface area contributed by atoms with Gasteiger partial charge in [-0.3, -0.25) is 14.9 Å². The molecule has 0 saturated heterocycles. The standard InChI is InChI=1S/C21H18ClN3O4/c1-14-18(19(22)25(24-14)12-15-8-4-2-5-9-15)21(28)29-13-17(26)23-20(27)16-10-6-3-7-11-16/h2-11H,12-13H2,1H3,(H,23,26,27). The molecule has 0 fully saturated rings. The van der Waals surface area contributed by atoms with E-state index in [0.717, 1.165) is 5.56 Å². The van der Waals surface area contributed by atoms with Crippen molar-refractivity contribution in [2.75, 3.05) is 6.61 Å². The highest BCUT2D eigenvalue weighted by Crippen LogP contribution is 2.21. The number of amides is 2. The lowest BCUT2D eigenvalue weighted by Gasteiger charge is -2.06. The minimum Gasteiger partial charge on any atom is -0.452 e. The lowest BCUT2D eigenvalue weighted by atomic mass is 10.2. The fourth-order valence-electron chi connectivity index (χ4n) is 2.67. The summed E-state index contributed by atoms with van der Waals surface area (Å²) in [6.07, 6.45) is 0. The van der Waals surface area contributed by atoms with Gasteiger partial charge in [-0.2, -0.15) is 5.10 Å². The summed E-state index contributed by atoms with van der Waals surface area (Å²) >= 11 is 6.30. The summed E-state index contributed by atoms with van der Waals surface area (Å²) in [5.74, 6) is -2.09. The van der Waals surface area contributed by atoms with E-state index >= 15 is 0 Å². The first-order valence-corrected chi connectivity index (χ1v) is 9.16. The fraction of sp³-hybridized carbons (Fsp3) is 0.143. The maximum Gasteiger partial charge on any atom is 0.343 e. The monoisotopic (exact) mass is 411 g/mol. The molecule has 8 heteroatoms. The number of carbonyl (C=O) groups excluding carboxylic acids is 3. The predicted molar refractivity (Wildman–Crippen MR) is 107 cm³/mol. The molecule has 29 heavy (non-hydrogen) atoms. The van der Waals surface area contributed by atoms with Crippen LogP contribution in [0.15, 0.2) is 60.7 Å². The number of esters is 1. The average molecular weight is 412 g/mol. The molecular weight excluding hydrogens is 394 g/mol. The number of nitrogens with zero attached hydrogens (tertiary/aromatic N) is 2. The normalized spacial score (nSPS) is 10.4. The topological polar surface area (TPSA) is 90.3 Å². The van der Waals surface area contributed by atoms with E-state index in [1.165, 1.54) is 4.68 Å². The molecule has 2 aromatic carbocycles. The third-order valence-corrected chi connectivity index (χ3v) is 4.45. The third kappa shape index (κ3) is 5.08. The molecule has 1 aromatic heterocycles. The molecule has 1 N–H and O–H groups in total. The number of rotatable bonds is 6. The van der Waals surface area contributed by atoms with Gasteiger partial charge in [0.1, 0.15) is 10.7 Å². The number of benzene rings is 2. The van der Waals surface area contributed by atoms with Gasteiger partial charge < -0.3 is 4.74 Å². The molecule has 0 aliphatic carbocycles. The molecule has 148 valence electrons. The van der Waals surface area contributed by atoms with E-state index in [1.54, 1.807) is 37.3 Å². The highest BCUT2D eigenvalue weighted by atomic mass is 35.5. The number of hydrogen-bond donors (Lipinski definition) is 1. The number of hydrogen-bond acceptors (Lipinski definition) is 5. The van der Waals surface area contributed by atoms with E-state index in [1.807, 2.05) is 30.3 Å². The number of nitrogens with one attached hydrogen (secondary N) is 1. The highest BCUT2D eigenvalue weighted by Gasteiger charge is 2.23. The summed E-state index contributed by atoms with van der Waals surface area (Å²) < 4.78 is 6.50. The Bertz CT molecular complexity index is 1030. The molecule has 3 rings (SSSR count). The van der Waals surface area contributed by atoms with Gasteiger partial charge in [0.25, 0.3) is 11.8 Å². The molecule has 2 amide bonds. The van der Waals surface area contributed by atoms with Crippen LogP contribution < -0.4 is 5.32 Å². The average Bonchev–Trinajstić information content (AvgIpc) is 3.00. The summed E-state index contributed by atoms with van der Waals surface area (Å²) in [6.45, 7) is 1.40. The summed E-state index contributed by atoms with van der Waals surface area (Å²) in [5, 5.41) is 6.55. The molecule has 0 bridgehead atoms. The van der Waals surface area contributed by atoms with Crippen LogP contribution in [0.1, 0.15) is 32.0 Å². The van der Waals surface area contributed by atoms with Crippen LogP contribution in [-0.4, -0.2) is 34.2 Å². The van der Waals surface area contributed by atoms with Crippen molar-refractivity contribution in [3.05, 3.63) is 88.2 Å². The van der Waals surface area contributed by atoms with Gasteiger partial charge in [0.05, 0.1) is 12.2 Å². The smallest absolute Gasteiger partial charge is 0.343 e. The second kappa shape index (κ2) is 9.16. The quantitative estimate of drug-likeness (QED) is 0.630. The van der Waals surface area contributed by atoms with Crippen molar-refractivity contribution in [3.63, 3.8) is 0 Å². The van der Waals surface area contributed by atoms with Gasteiger partial charge in [0, 0.05) is 5.56 Å². The second-order valence-corrected chi connectivity index (χ2v) is 6.57. The lowest BCUT2D eigenvalue weighted by molar-refractivity contribution is -0.123. The van der Waals surface area contributed by atoms with Gasteiger partial charge in [-0.05, 0) is 24.6 Å². The highest BCUT2D eigenvalue weighted by molar-refractivity contribution is 6.32. The van der Waals surface area contributed by atoms with Crippen molar-refractivity contribution in [1.29, 1.82) is 0 Å². The summed E-state index contributed by atoms with van der Waals surface area (Å²) in [7, 11) is 0. The Labute approximate surface area is 172 Å². The van der Waals surface area contributed by atoms with E-state index < -0.39 is 24.4 Å². The van der Waals surface area contributed by atoms with Crippen molar-refractivity contribution in [1.82, 2.24) is 15.1 Å². The molecule has 0 unspecified atom stereocenters. The van der Waals surface area contributed by atoms with E-state index in [0.29, 0.717) is 17.8 Å². The Hall–Kier alpha value is -3.45. The van der Waals surface area contributed by atoms with Crippen LogP contribution in [0, 0.1) is 6.92 Å².